The second-order valence-corrected chi connectivity index (χ2v) is 5.08. The number of aliphatic carboxylic acids is 1. The van der Waals surface area contributed by atoms with E-state index in [-0.39, 0.29) is 11.9 Å². The van der Waals surface area contributed by atoms with Crippen LogP contribution in [-0.4, -0.2) is 29.8 Å². The number of carboxylic acid groups (broad SMARTS) is 1. The molecule has 1 aliphatic rings. The molecular weight excluding hydrogens is 305 g/mol. The zero-order valence-electron chi connectivity index (χ0n) is 9.53. The third-order valence-corrected chi connectivity index (χ3v) is 3.32. The zero-order chi connectivity index (χ0) is 13.1. The van der Waals surface area contributed by atoms with E-state index in [9.17, 15) is 9.18 Å². The summed E-state index contributed by atoms with van der Waals surface area (Å²) in [6, 6.07) is 4.62. The maximum Gasteiger partial charge on any atom is 0.332 e. The molecule has 1 fully saturated rings. The maximum atomic E-state index is 13.4. The molecule has 0 radical (unpaired) electrons. The van der Waals surface area contributed by atoms with Crippen LogP contribution in [0.2, 0.25) is 0 Å². The molecule has 1 aromatic carbocycles. The van der Waals surface area contributed by atoms with Gasteiger partial charge in [0.2, 0.25) is 0 Å². The van der Waals surface area contributed by atoms with Gasteiger partial charge in [0.15, 0.2) is 6.10 Å². The van der Waals surface area contributed by atoms with Crippen LogP contribution in [0.3, 0.4) is 0 Å². The summed E-state index contributed by atoms with van der Waals surface area (Å²) in [5.41, 5.74) is 0.381. The second-order valence-electron chi connectivity index (χ2n) is 4.17. The van der Waals surface area contributed by atoms with Crippen molar-refractivity contribution in [3.63, 3.8) is 0 Å². The quantitative estimate of drug-likeness (QED) is 0.896. The standard InChI is InChI=1S/C12H13BrFNO3/c13-7-1-3-9(14)10(5-7)15-6-8-2-4-11(18-8)12(16)17/h1,3,5,8,11,15H,2,4,6H2,(H,16,17). The lowest BCUT2D eigenvalue weighted by Crippen LogP contribution is -2.24. The number of ether oxygens (including phenoxy) is 1. The molecule has 0 bridgehead atoms. The average Bonchev–Trinajstić information content (AvgIpc) is 2.79. The maximum absolute atomic E-state index is 13.4. The van der Waals surface area contributed by atoms with Gasteiger partial charge < -0.3 is 15.2 Å². The number of halogens is 2. The van der Waals surface area contributed by atoms with Gasteiger partial charge in [-0.05, 0) is 31.0 Å². The number of benzene rings is 1. The summed E-state index contributed by atoms with van der Waals surface area (Å²) in [7, 11) is 0. The first-order valence-corrected chi connectivity index (χ1v) is 6.43. The summed E-state index contributed by atoms with van der Waals surface area (Å²) < 4.78 is 19.5. The Kier molecular flexibility index (Phi) is 4.19. The SMILES string of the molecule is O=C(O)C1CCC(CNc2cc(Br)ccc2F)O1. The minimum Gasteiger partial charge on any atom is -0.479 e. The number of hydrogen-bond acceptors (Lipinski definition) is 3. The number of carboxylic acids is 1. The molecule has 2 atom stereocenters. The van der Waals surface area contributed by atoms with Crippen molar-refractivity contribution >= 4 is 27.6 Å². The second kappa shape index (κ2) is 5.67. The predicted octanol–water partition coefficient (Wildman–Crippen LogP) is 2.63. The Labute approximate surface area is 112 Å². The van der Waals surface area contributed by atoms with Crippen LogP contribution in [0.1, 0.15) is 12.8 Å². The first kappa shape index (κ1) is 13.3. The number of carbonyl (C=O) groups is 1. The topological polar surface area (TPSA) is 58.6 Å². The Morgan fingerprint density at radius 3 is 3.00 bits per heavy atom. The van der Waals surface area contributed by atoms with E-state index >= 15 is 0 Å². The van der Waals surface area contributed by atoms with E-state index in [1.54, 1.807) is 12.1 Å². The van der Waals surface area contributed by atoms with E-state index in [4.69, 9.17) is 9.84 Å². The van der Waals surface area contributed by atoms with Crippen molar-refractivity contribution in [1.29, 1.82) is 0 Å². The Bertz CT molecular complexity index is 455. The third-order valence-electron chi connectivity index (χ3n) is 2.83. The zero-order valence-corrected chi connectivity index (χ0v) is 11.1. The molecule has 0 aromatic heterocycles. The van der Waals surface area contributed by atoms with Crippen LogP contribution in [0.25, 0.3) is 0 Å². The fraction of sp³-hybridized carbons (Fsp3) is 0.417. The first-order chi connectivity index (χ1) is 8.56. The lowest BCUT2D eigenvalue weighted by Gasteiger charge is -2.13. The van der Waals surface area contributed by atoms with Crippen LogP contribution in [0, 0.1) is 5.82 Å². The number of anilines is 1. The van der Waals surface area contributed by atoms with Gasteiger partial charge in [0.1, 0.15) is 5.82 Å². The van der Waals surface area contributed by atoms with Crippen LogP contribution >= 0.6 is 15.9 Å². The molecular formula is C12H13BrFNO3. The van der Waals surface area contributed by atoms with E-state index in [0.29, 0.717) is 25.1 Å². The fourth-order valence-corrected chi connectivity index (χ4v) is 2.26. The minimum absolute atomic E-state index is 0.190. The minimum atomic E-state index is -0.939. The van der Waals surface area contributed by atoms with Crippen molar-refractivity contribution in [3.8, 4) is 0 Å². The molecule has 0 spiro atoms. The lowest BCUT2D eigenvalue weighted by molar-refractivity contribution is -0.149. The van der Waals surface area contributed by atoms with Gasteiger partial charge in [-0.2, -0.15) is 0 Å². The summed E-state index contributed by atoms with van der Waals surface area (Å²) in [5, 5.41) is 11.7. The smallest absolute Gasteiger partial charge is 0.332 e. The average molecular weight is 318 g/mol. The van der Waals surface area contributed by atoms with Crippen molar-refractivity contribution in [2.45, 2.75) is 25.0 Å². The van der Waals surface area contributed by atoms with Crippen LogP contribution in [0.15, 0.2) is 22.7 Å². The van der Waals surface area contributed by atoms with Crippen molar-refractivity contribution in [1.82, 2.24) is 0 Å². The summed E-state index contributed by atoms with van der Waals surface area (Å²) in [6.07, 6.45) is 0.246. The van der Waals surface area contributed by atoms with Gasteiger partial charge in [-0.25, -0.2) is 9.18 Å². The van der Waals surface area contributed by atoms with E-state index in [1.165, 1.54) is 6.07 Å². The van der Waals surface area contributed by atoms with Gasteiger partial charge in [-0.1, -0.05) is 15.9 Å². The van der Waals surface area contributed by atoms with Crippen molar-refractivity contribution in [2.75, 3.05) is 11.9 Å². The third kappa shape index (κ3) is 3.20. The van der Waals surface area contributed by atoms with Crippen molar-refractivity contribution in [3.05, 3.63) is 28.5 Å². The van der Waals surface area contributed by atoms with E-state index in [1.807, 2.05) is 0 Å². The highest BCUT2D eigenvalue weighted by molar-refractivity contribution is 9.10. The van der Waals surface area contributed by atoms with E-state index in [2.05, 4.69) is 21.2 Å². The van der Waals surface area contributed by atoms with Gasteiger partial charge in [0.25, 0.3) is 0 Å². The van der Waals surface area contributed by atoms with Gasteiger partial charge in [-0.3, -0.25) is 0 Å². The molecule has 0 aliphatic carbocycles. The number of hydrogen-bond donors (Lipinski definition) is 2. The molecule has 2 unspecified atom stereocenters. The summed E-state index contributed by atoms with van der Waals surface area (Å²) in [4.78, 5) is 10.7. The number of nitrogens with one attached hydrogen (secondary N) is 1. The lowest BCUT2D eigenvalue weighted by atomic mass is 10.2. The molecule has 6 heteroatoms. The number of rotatable bonds is 4. The monoisotopic (exact) mass is 317 g/mol. The first-order valence-electron chi connectivity index (χ1n) is 5.63. The summed E-state index contributed by atoms with van der Waals surface area (Å²) in [6.45, 7) is 0.400. The molecule has 98 valence electrons. The Morgan fingerprint density at radius 2 is 2.33 bits per heavy atom. The molecule has 1 saturated heterocycles. The van der Waals surface area contributed by atoms with Crippen LogP contribution in [-0.2, 0) is 9.53 Å². The highest BCUT2D eigenvalue weighted by atomic mass is 79.9. The summed E-state index contributed by atoms with van der Waals surface area (Å²) >= 11 is 3.26. The van der Waals surface area contributed by atoms with Crippen LogP contribution in [0.4, 0.5) is 10.1 Å². The molecule has 4 nitrogen and oxygen atoms in total. The molecule has 0 amide bonds. The van der Waals surface area contributed by atoms with Crippen molar-refractivity contribution < 1.29 is 19.0 Å². The van der Waals surface area contributed by atoms with Crippen LogP contribution in [0.5, 0.6) is 0 Å². The van der Waals surface area contributed by atoms with E-state index < -0.39 is 12.1 Å². The predicted molar refractivity (Wildman–Crippen MR) is 68.1 cm³/mol. The van der Waals surface area contributed by atoms with Gasteiger partial charge in [0, 0.05) is 11.0 Å². The van der Waals surface area contributed by atoms with Gasteiger partial charge >= 0.3 is 5.97 Å². The highest BCUT2D eigenvalue weighted by Crippen LogP contribution is 2.23. The normalized spacial score (nSPS) is 23.0. The molecule has 18 heavy (non-hydrogen) atoms. The van der Waals surface area contributed by atoms with Gasteiger partial charge in [0.05, 0.1) is 11.8 Å². The fourth-order valence-electron chi connectivity index (χ4n) is 1.89. The molecule has 1 heterocycles. The Hall–Kier alpha value is -1.14. The van der Waals surface area contributed by atoms with Gasteiger partial charge in [-0.15, -0.1) is 0 Å². The van der Waals surface area contributed by atoms with Crippen molar-refractivity contribution in [2.24, 2.45) is 0 Å². The molecule has 1 aliphatic heterocycles. The summed E-state index contributed by atoms with van der Waals surface area (Å²) in [5.74, 6) is -1.28. The largest absolute Gasteiger partial charge is 0.479 e. The molecule has 1 aromatic rings. The Balaban J connectivity index is 1.89. The molecule has 2 N–H and O–H groups in total. The van der Waals surface area contributed by atoms with E-state index in [0.717, 1.165) is 4.47 Å². The molecule has 0 saturated carbocycles. The Morgan fingerprint density at radius 1 is 1.56 bits per heavy atom. The highest BCUT2D eigenvalue weighted by Gasteiger charge is 2.30. The molecule has 2 rings (SSSR count). The van der Waals surface area contributed by atoms with Crippen LogP contribution < -0.4 is 5.32 Å².